The van der Waals surface area contributed by atoms with Crippen molar-refractivity contribution in [3.05, 3.63) is 34.9 Å². The predicted octanol–water partition coefficient (Wildman–Crippen LogP) is 3.15. The second kappa shape index (κ2) is 7.11. The number of rotatable bonds is 4. The van der Waals surface area contributed by atoms with E-state index in [2.05, 4.69) is 4.40 Å². The van der Waals surface area contributed by atoms with Crippen molar-refractivity contribution in [3.63, 3.8) is 0 Å². The highest BCUT2D eigenvalue weighted by Gasteiger charge is 2.29. The van der Waals surface area contributed by atoms with E-state index in [1.807, 2.05) is 0 Å². The number of hydrogen-bond acceptors (Lipinski definition) is 4. The van der Waals surface area contributed by atoms with Crippen LogP contribution in [-0.4, -0.2) is 27.6 Å². The van der Waals surface area contributed by atoms with E-state index in [1.54, 1.807) is 52.0 Å². The fourth-order valence-corrected chi connectivity index (χ4v) is 1.98. The van der Waals surface area contributed by atoms with Gasteiger partial charge in [0.25, 0.3) is 0 Å². The van der Waals surface area contributed by atoms with Crippen molar-refractivity contribution < 1.29 is 14.1 Å². The zero-order valence-corrected chi connectivity index (χ0v) is 13.5. The van der Waals surface area contributed by atoms with Crippen molar-refractivity contribution in [1.82, 2.24) is 0 Å². The van der Waals surface area contributed by atoms with Crippen molar-refractivity contribution in [2.75, 3.05) is 6.61 Å². The normalized spacial score (nSPS) is 14.0. The van der Waals surface area contributed by atoms with Gasteiger partial charge in [0, 0.05) is 10.6 Å². The van der Waals surface area contributed by atoms with Crippen LogP contribution in [0.2, 0.25) is 5.02 Å². The van der Waals surface area contributed by atoms with Crippen molar-refractivity contribution >= 4 is 34.6 Å². The van der Waals surface area contributed by atoms with E-state index >= 15 is 0 Å². The van der Waals surface area contributed by atoms with Crippen LogP contribution in [-0.2, 0) is 20.9 Å². The molecule has 0 saturated heterocycles. The molecule has 1 aromatic carbocycles. The van der Waals surface area contributed by atoms with Gasteiger partial charge in [-0.1, -0.05) is 28.1 Å². The number of carbonyl (C=O) groups excluding carboxylic acids is 1. The molecule has 6 heteroatoms. The zero-order chi connectivity index (χ0) is 15.3. The number of carbonyl (C=O) groups is 1. The fraction of sp³-hybridized carbons (Fsp3) is 0.429. The number of esters is 1. The summed E-state index contributed by atoms with van der Waals surface area (Å²) < 4.78 is 20.6. The Morgan fingerprint density at radius 1 is 1.35 bits per heavy atom. The van der Waals surface area contributed by atoms with Gasteiger partial charge in [-0.15, -0.1) is 0 Å². The summed E-state index contributed by atoms with van der Waals surface area (Å²) in [5.74, 6) is -0.590. The highest BCUT2D eigenvalue weighted by atomic mass is 35.5. The standard InChI is InChI=1S/C14H18ClNO3S/c1-5-19-13(17)12(16-20(18)14(2,3)4)10-6-8-11(15)9-7-10/h6-9H,5H2,1-4H3/b16-12-/t20-/m0/s1. The Morgan fingerprint density at radius 3 is 2.35 bits per heavy atom. The Hall–Kier alpha value is -1.04. The molecule has 0 unspecified atom stereocenters. The molecule has 4 nitrogen and oxygen atoms in total. The highest BCUT2D eigenvalue weighted by Crippen LogP contribution is 2.19. The third-order valence-electron chi connectivity index (χ3n) is 2.28. The first-order chi connectivity index (χ1) is 9.25. The Kier molecular flexibility index (Phi) is 6.05. The lowest BCUT2D eigenvalue weighted by Gasteiger charge is -2.19. The molecule has 110 valence electrons. The second-order valence-corrected chi connectivity index (χ2v) is 7.37. The Balaban J connectivity index is 3.18. The minimum Gasteiger partial charge on any atom is -0.591 e. The first-order valence-electron chi connectivity index (χ1n) is 6.19. The maximum Gasteiger partial charge on any atom is 0.362 e. The van der Waals surface area contributed by atoms with Crippen LogP contribution in [0.3, 0.4) is 0 Å². The van der Waals surface area contributed by atoms with Crippen LogP contribution < -0.4 is 0 Å². The minimum atomic E-state index is -1.54. The maximum atomic E-state index is 12.1. The molecular formula is C14H18ClNO3S. The van der Waals surface area contributed by atoms with Crippen LogP contribution in [0.4, 0.5) is 0 Å². The molecule has 0 fully saturated rings. The van der Waals surface area contributed by atoms with E-state index in [4.69, 9.17) is 16.3 Å². The molecule has 1 rings (SSSR count). The van der Waals surface area contributed by atoms with Gasteiger partial charge in [-0.25, -0.2) is 4.79 Å². The molecule has 1 aromatic rings. The molecule has 0 N–H and O–H groups in total. The number of halogens is 1. The summed E-state index contributed by atoms with van der Waals surface area (Å²) in [5, 5.41) is 0.550. The monoisotopic (exact) mass is 315 g/mol. The van der Waals surface area contributed by atoms with Gasteiger partial charge in [0.1, 0.15) is 16.1 Å². The smallest absolute Gasteiger partial charge is 0.362 e. The summed E-state index contributed by atoms with van der Waals surface area (Å²) in [6, 6.07) is 6.59. The highest BCUT2D eigenvalue weighted by molar-refractivity contribution is 7.91. The van der Waals surface area contributed by atoms with Crippen LogP contribution in [0.25, 0.3) is 0 Å². The summed E-state index contributed by atoms with van der Waals surface area (Å²) >= 11 is 4.28. The molecule has 0 radical (unpaired) electrons. The summed E-state index contributed by atoms with van der Waals surface area (Å²) in [5.41, 5.74) is 0.585. The Labute approximate surface area is 127 Å². The molecule has 1 atom stereocenters. The number of benzene rings is 1. The summed E-state index contributed by atoms with van der Waals surface area (Å²) in [6.45, 7) is 7.30. The zero-order valence-electron chi connectivity index (χ0n) is 12.0. The third kappa shape index (κ3) is 4.81. The van der Waals surface area contributed by atoms with Crippen molar-refractivity contribution in [2.24, 2.45) is 4.40 Å². The Morgan fingerprint density at radius 2 is 1.90 bits per heavy atom. The van der Waals surface area contributed by atoms with Gasteiger partial charge in [-0.05, 0) is 39.8 Å². The van der Waals surface area contributed by atoms with E-state index in [1.165, 1.54) is 0 Å². The average molecular weight is 316 g/mol. The summed E-state index contributed by atoms with van der Waals surface area (Å²) in [7, 11) is 0. The van der Waals surface area contributed by atoms with Crippen LogP contribution in [0.5, 0.6) is 0 Å². The molecule has 0 spiro atoms. The SMILES string of the molecule is CCOC(=O)/C(=N\[S@@+]([O-])C(C)(C)C)c1ccc(Cl)cc1. The molecule has 0 aliphatic carbocycles. The topological polar surface area (TPSA) is 61.7 Å². The fourth-order valence-electron chi connectivity index (χ4n) is 1.23. The summed E-state index contributed by atoms with van der Waals surface area (Å²) in [6.07, 6.45) is 0. The van der Waals surface area contributed by atoms with Crippen LogP contribution >= 0.6 is 11.6 Å². The minimum absolute atomic E-state index is 0.0526. The average Bonchev–Trinajstić information content (AvgIpc) is 2.36. The largest absolute Gasteiger partial charge is 0.591 e. The van der Waals surface area contributed by atoms with Gasteiger partial charge in [0.2, 0.25) is 5.71 Å². The van der Waals surface area contributed by atoms with E-state index in [-0.39, 0.29) is 12.3 Å². The third-order valence-corrected chi connectivity index (χ3v) is 3.93. The van der Waals surface area contributed by atoms with Crippen molar-refractivity contribution in [3.8, 4) is 0 Å². The van der Waals surface area contributed by atoms with Crippen LogP contribution in [0.1, 0.15) is 33.3 Å². The molecule has 0 heterocycles. The molecule has 0 bridgehead atoms. The number of ether oxygens (including phenoxy) is 1. The molecule has 0 amide bonds. The van der Waals surface area contributed by atoms with Gasteiger partial charge >= 0.3 is 5.97 Å². The Bertz CT molecular complexity index is 494. The number of nitrogens with zero attached hydrogens (tertiary/aromatic N) is 1. The van der Waals surface area contributed by atoms with Crippen LogP contribution in [0, 0.1) is 0 Å². The quantitative estimate of drug-likeness (QED) is 0.487. The molecule has 0 aromatic heterocycles. The van der Waals surface area contributed by atoms with Crippen molar-refractivity contribution in [1.29, 1.82) is 0 Å². The molecule has 0 aliphatic heterocycles. The predicted molar refractivity (Wildman–Crippen MR) is 82.5 cm³/mol. The lowest BCUT2D eigenvalue weighted by atomic mass is 10.1. The van der Waals surface area contributed by atoms with Crippen molar-refractivity contribution in [2.45, 2.75) is 32.4 Å². The molecule has 0 aliphatic rings. The lowest BCUT2D eigenvalue weighted by molar-refractivity contribution is -0.134. The first-order valence-corrected chi connectivity index (χ1v) is 7.68. The maximum absolute atomic E-state index is 12.1. The molecular weight excluding hydrogens is 298 g/mol. The van der Waals surface area contributed by atoms with Gasteiger partial charge in [0.05, 0.1) is 6.61 Å². The summed E-state index contributed by atoms with van der Waals surface area (Å²) in [4.78, 5) is 12.0. The first kappa shape index (κ1) is 17.0. The lowest BCUT2D eigenvalue weighted by Crippen LogP contribution is -2.29. The van der Waals surface area contributed by atoms with E-state index < -0.39 is 22.1 Å². The van der Waals surface area contributed by atoms with E-state index in [0.717, 1.165) is 0 Å². The van der Waals surface area contributed by atoms with Gasteiger partial charge in [0.15, 0.2) is 0 Å². The van der Waals surface area contributed by atoms with Gasteiger partial charge in [-0.3, -0.25) is 0 Å². The van der Waals surface area contributed by atoms with Gasteiger partial charge in [-0.2, -0.15) is 0 Å². The second-order valence-electron chi connectivity index (χ2n) is 5.03. The van der Waals surface area contributed by atoms with Gasteiger partial charge < -0.3 is 9.29 Å². The molecule has 20 heavy (non-hydrogen) atoms. The van der Waals surface area contributed by atoms with Crippen LogP contribution in [0.15, 0.2) is 28.7 Å². The van der Waals surface area contributed by atoms with E-state index in [0.29, 0.717) is 10.6 Å². The molecule has 0 saturated carbocycles. The van der Waals surface area contributed by atoms with E-state index in [9.17, 15) is 9.35 Å². The number of hydrogen-bond donors (Lipinski definition) is 0.